The summed E-state index contributed by atoms with van der Waals surface area (Å²) in [5, 5.41) is 14.3. The molecule has 0 aliphatic carbocycles. The largest absolute Gasteiger partial charge is 0.326 e. The van der Waals surface area contributed by atoms with Gasteiger partial charge in [-0.3, -0.25) is 4.79 Å². The Morgan fingerprint density at radius 3 is 2.48 bits per heavy atom. The van der Waals surface area contributed by atoms with Crippen LogP contribution in [0.5, 0.6) is 0 Å². The van der Waals surface area contributed by atoms with Gasteiger partial charge in [0.1, 0.15) is 0 Å². The standard InChI is InChI=1S/C15H21N5O/c1-12(2)16-9-3-4-15(21)19-13-5-7-14(8-6-13)20-17-10-11-18-20/h5-8,10-12,16H,3-4,9H2,1-2H3,(H,19,21). The van der Waals surface area contributed by atoms with Crippen LogP contribution in [-0.2, 0) is 4.79 Å². The molecule has 0 radical (unpaired) electrons. The number of carbonyl (C=O) groups is 1. The first kappa shape index (κ1) is 15.2. The van der Waals surface area contributed by atoms with Gasteiger partial charge in [-0.15, -0.1) is 0 Å². The molecule has 6 nitrogen and oxygen atoms in total. The van der Waals surface area contributed by atoms with Gasteiger partial charge in [-0.2, -0.15) is 15.0 Å². The molecule has 0 atom stereocenters. The van der Waals surface area contributed by atoms with E-state index in [-0.39, 0.29) is 5.91 Å². The summed E-state index contributed by atoms with van der Waals surface area (Å²) in [4.78, 5) is 13.3. The summed E-state index contributed by atoms with van der Waals surface area (Å²) >= 11 is 0. The molecule has 1 aromatic carbocycles. The van der Waals surface area contributed by atoms with Crippen molar-refractivity contribution in [3.63, 3.8) is 0 Å². The highest BCUT2D eigenvalue weighted by Crippen LogP contribution is 2.12. The molecular weight excluding hydrogens is 266 g/mol. The summed E-state index contributed by atoms with van der Waals surface area (Å²) in [7, 11) is 0. The maximum Gasteiger partial charge on any atom is 0.224 e. The van der Waals surface area contributed by atoms with Crippen LogP contribution in [0.15, 0.2) is 36.7 Å². The normalized spacial score (nSPS) is 10.8. The number of nitrogens with one attached hydrogen (secondary N) is 2. The molecule has 0 bridgehead atoms. The van der Waals surface area contributed by atoms with Crippen LogP contribution in [0.25, 0.3) is 5.69 Å². The van der Waals surface area contributed by atoms with Crippen LogP contribution in [0.2, 0.25) is 0 Å². The zero-order valence-electron chi connectivity index (χ0n) is 12.4. The Labute approximate surface area is 124 Å². The van der Waals surface area contributed by atoms with Gasteiger partial charge in [0.05, 0.1) is 18.1 Å². The SMILES string of the molecule is CC(C)NCCCC(=O)Nc1ccc(-n2nccn2)cc1. The third-order valence-electron chi connectivity index (χ3n) is 2.93. The first-order valence-electron chi connectivity index (χ1n) is 7.15. The second-order valence-corrected chi connectivity index (χ2v) is 5.13. The molecular formula is C15H21N5O. The van der Waals surface area contributed by atoms with E-state index >= 15 is 0 Å². The molecule has 0 aliphatic heterocycles. The molecule has 0 spiro atoms. The van der Waals surface area contributed by atoms with Crippen molar-refractivity contribution in [2.75, 3.05) is 11.9 Å². The number of aromatic nitrogens is 3. The Balaban J connectivity index is 1.79. The van der Waals surface area contributed by atoms with E-state index in [0.29, 0.717) is 12.5 Å². The minimum atomic E-state index is 0.0329. The highest BCUT2D eigenvalue weighted by molar-refractivity contribution is 5.90. The summed E-state index contributed by atoms with van der Waals surface area (Å²) in [6, 6.07) is 7.90. The van der Waals surface area contributed by atoms with Crippen molar-refractivity contribution in [1.82, 2.24) is 20.3 Å². The topological polar surface area (TPSA) is 71.8 Å². The highest BCUT2D eigenvalue weighted by atomic mass is 16.1. The highest BCUT2D eigenvalue weighted by Gasteiger charge is 2.03. The minimum absolute atomic E-state index is 0.0329. The van der Waals surface area contributed by atoms with Crippen LogP contribution < -0.4 is 10.6 Å². The number of amides is 1. The Morgan fingerprint density at radius 2 is 1.86 bits per heavy atom. The second-order valence-electron chi connectivity index (χ2n) is 5.13. The first-order valence-corrected chi connectivity index (χ1v) is 7.15. The lowest BCUT2D eigenvalue weighted by molar-refractivity contribution is -0.116. The monoisotopic (exact) mass is 287 g/mol. The maximum absolute atomic E-state index is 11.8. The van der Waals surface area contributed by atoms with Crippen molar-refractivity contribution in [2.45, 2.75) is 32.7 Å². The fourth-order valence-electron chi connectivity index (χ4n) is 1.89. The molecule has 0 fully saturated rings. The summed E-state index contributed by atoms with van der Waals surface area (Å²) in [6.07, 6.45) is 4.60. The fraction of sp³-hybridized carbons (Fsp3) is 0.400. The van der Waals surface area contributed by atoms with E-state index in [1.807, 2.05) is 24.3 Å². The Morgan fingerprint density at radius 1 is 1.19 bits per heavy atom. The molecule has 0 unspecified atom stereocenters. The van der Waals surface area contributed by atoms with Crippen LogP contribution in [0.1, 0.15) is 26.7 Å². The Kier molecular flexibility index (Phi) is 5.45. The lowest BCUT2D eigenvalue weighted by Crippen LogP contribution is -2.24. The fourth-order valence-corrected chi connectivity index (χ4v) is 1.89. The van der Waals surface area contributed by atoms with Gasteiger partial charge in [-0.25, -0.2) is 0 Å². The van der Waals surface area contributed by atoms with Crippen LogP contribution in [0.4, 0.5) is 5.69 Å². The molecule has 0 aliphatic rings. The quantitative estimate of drug-likeness (QED) is 0.764. The van der Waals surface area contributed by atoms with E-state index in [0.717, 1.165) is 24.3 Å². The first-order chi connectivity index (χ1) is 10.1. The minimum Gasteiger partial charge on any atom is -0.326 e. The molecule has 0 saturated carbocycles. The van der Waals surface area contributed by atoms with E-state index in [4.69, 9.17) is 0 Å². The number of carbonyl (C=O) groups excluding carboxylic acids is 1. The summed E-state index contributed by atoms with van der Waals surface area (Å²) in [5.74, 6) is 0.0329. The number of anilines is 1. The average Bonchev–Trinajstić information content (AvgIpc) is 2.98. The van der Waals surface area contributed by atoms with Gasteiger partial charge in [-0.05, 0) is 37.2 Å². The smallest absolute Gasteiger partial charge is 0.224 e. The van der Waals surface area contributed by atoms with Gasteiger partial charge in [0.15, 0.2) is 0 Å². The molecule has 1 amide bonds. The maximum atomic E-state index is 11.8. The van der Waals surface area contributed by atoms with E-state index < -0.39 is 0 Å². The van der Waals surface area contributed by atoms with Crippen molar-refractivity contribution in [1.29, 1.82) is 0 Å². The summed E-state index contributed by atoms with van der Waals surface area (Å²) < 4.78 is 0. The Hall–Kier alpha value is -2.21. The number of rotatable bonds is 7. The predicted octanol–water partition coefficient (Wildman–Crippen LogP) is 1.98. The predicted molar refractivity (Wildman–Crippen MR) is 82.4 cm³/mol. The molecule has 112 valence electrons. The van der Waals surface area contributed by atoms with Crippen molar-refractivity contribution in [3.05, 3.63) is 36.7 Å². The van der Waals surface area contributed by atoms with Gasteiger partial charge < -0.3 is 10.6 Å². The molecule has 1 aromatic heterocycles. The van der Waals surface area contributed by atoms with E-state index in [2.05, 4.69) is 34.7 Å². The van der Waals surface area contributed by atoms with Crippen LogP contribution in [-0.4, -0.2) is 33.5 Å². The third-order valence-corrected chi connectivity index (χ3v) is 2.93. The van der Waals surface area contributed by atoms with Crippen LogP contribution in [0.3, 0.4) is 0 Å². The second kappa shape index (κ2) is 7.54. The van der Waals surface area contributed by atoms with E-state index in [1.54, 1.807) is 12.4 Å². The molecule has 1 heterocycles. The van der Waals surface area contributed by atoms with Crippen LogP contribution >= 0.6 is 0 Å². The lowest BCUT2D eigenvalue weighted by atomic mass is 10.2. The van der Waals surface area contributed by atoms with Gasteiger partial charge >= 0.3 is 0 Å². The van der Waals surface area contributed by atoms with Gasteiger partial charge in [-0.1, -0.05) is 13.8 Å². The molecule has 2 aromatic rings. The summed E-state index contributed by atoms with van der Waals surface area (Å²) in [6.45, 7) is 5.04. The molecule has 0 saturated heterocycles. The summed E-state index contributed by atoms with van der Waals surface area (Å²) in [5.41, 5.74) is 1.65. The zero-order valence-corrected chi connectivity index (χ0v) is 12.4. The van der Waals surface area contributed by atoms with Gasteiger partial charge in [0.25, 0.3) is 0 Å². The lowest BCUT2D eigenvalue weighted by Gasteiger charge is -2.08. The number of hydrogen-bond acceptors (Lipinski definition) is 4. The molecule has 2 rings (SSSR count). The number of benzene rings is 1. The van der Waals surface area contributed by atoms with Crippen molar-refractivity contribution >= 4 is 11.6 Å². The van der Waals surface area contributed by atoms with Gasteiger partial charge in [0.2, 0.25) is 5.91 Å². The molecule has 6 heteroatoms. The average molecular weight is 287 g/mol. The van der Waals surface area contributed by atoms with Crippen molar-refractivity contribution in [3.8, 4) is 5.69 Å². The van der Waals surface area contributed by atoms with E-state index in [9.17, 15) is 4.79 Å². The molecule has 21 heavy (non-hydrogen) atoms. The van der Waals surface area contributed by atoms with E-state index in [1.165, 1.54) is 4.80 Å². The van der Waals surface area contributed by atoms with Crippen molar-refractivity contribution < 1.29 is 4.79 Å². The Bertz CT molecular complexity index is 548. The zero-order chi connectivity index (χ0) is 15.1. The van der Waals surface area contributed by atoms with Crippen LogP contribution in [0, 0.1) is 0 Å². The third kappa shape index (κ3) is 5.00. The molecule has 2 N–H and O–H groups in total. The number of nitrogens with zero attached hydrogens (tertiary/aromatic N) is 3. The van der Waals surface area contributed by atoms with Gasteiger partial charge in [0, 0.05) is 18.2 Å². The number of hydrogen-bond donors (Lipinski definition) is 2. The van der Waals surface area contributed by atoms with Crippen molar-refractivity contribution in [2.24, 2.45) is 0 Å².